The van der Waals surface area contributed by atoms with Crippen LogP contribution >= 0.6 is 0 Å². The highest BCUT2D eigenvalue weighted by Gasteiger charge is 2.44. The van der Waals surface area contributed by atoms with Gasteiger partial charge in [0.25, 0.3) is 0 Å². The van der Waals surface area contributed by atoms with Gasteiger partial charge in [0.2, 0.25) is 0 Å². The van der Waals surface area contributed by atoms with E-state index in [1.165, 1.54) is 17.7 Å². The molecule has 2 saturated heterocycles. The Morgan fingerprint density at radius 1 is 1.03 bits per heavy atom. The van der Waals surface area contributed by atoms with E-state index >= 15 is 0 Å². The van der Waals surface area contributed by atoms with Gasteiger partial charge < -0.3 is 15.0 Å². The second-order valence-electron chi connectivity index (χ2n) is 8.86. The van der Waals surface area contributed by atoms with E-state index in [0.29, 0.717) is 24.4 Å². The van der Waals surface area contributed by atoms with Gasteiger partial charge in [-0.1, -0.05) is 36.4 Å². The first-order valence-corrected chi connectivity index (χ1v) is 11.1. The van der Waals surface area contributed by atoms with Gasteiger partial charge in [-0.05, 0) is 74.0 Å². The van der Waals surface area contributed by atoms with E-state index in [1.807, 2.05) is 12.1 Å². The molecule has 4 rings (SSSR count). The molecule has 2 heterocycles. The minimum Gasteiger partial charge on any atom is -0.496 e. The molecule has 6 heteroatoms. The predicted octanol–water partition coefficient (Wildman–Crippen LogP) is 5.12. The lowest BCUT2D eigenvalue weighted by Gasteiger charge is -2.50. The Balaban J connectivity index is 1.43. The summed E-state index contributed by atoms with van der Waals surface area (Å²) in [7, 11) is 1.73. The van der Waals surface area contributed by atoms with Crippen LogP contribution in [0.3, 0.4) is 0 Å². The quantitative estimate of drug-likeness (QED) is 0.710. The number of para-hydroxylation sites is 1. The van der Waals surface area contributed by atoms with Gasteiger partial charge in [0, 0.05) is 19.0 Å². The zero-order chi connectivity index (χ0) is 21.9. The molecule has 3 nitrogen and oxygen atoms in total. The van der Waals surface area contributed by atoms with Gasteiger partial charge in [-0.15, -0.1) is 0 Å². The lowest BCUT2D eigenvalue weighted by atomic mass is 9.62. The van der Waals surface area contributed by atoms with E-state index in [1.54, 1.807) is 19.2 Å². The normalized spacial score (nSPS) is 21.9. The van der Waals surface area contributed by atoms with Crippen LogP contribution in [0.2, 0.25) is 0 Å². The van der Waals surface area contributed by atoms with Crippen molar-refractivity contribution in [3.63, 3.8) is 0 Å². The van der Waals surface area contributed by atoms with Crippen LogP contribution in [0.4, 0.5) is 13.2 Å². The molecule has 0 aliphatic carbocycles. The van der Waals surface area contributed by atoms with Gasteiger partial charge >= 0.3 is 6.18 Å². The largest absolute Gasteiger partial charge is 0.496 e. The van der Waals surface area contributed by atoms with Crippen molar-refractivity contribution in [2.24, 2.45) is 5.41 Å². The first-order chi connectivity index (χ1) is 14.9. The topological polar surface area (TPSA) is 24.5 Å². The number of piperidine rings is 2. The standard InChI is InChI=1S/C25H31F3N2O/c1-31-23-9-5-3-7-20(23)22-18-29-14-11-24(22)12-16-30(17-13-24)15-10-19-6-2-4-8-21(19)25(26,27)28/h2-9,22,29H,10-18H2,1H3. The van der Waals surface area contributed by atoms with E-state index in [4.69, 9.17) is 4.74 Å². The summed E-state index contributed by atoms with van der Waals surface area (Å²) in [5.41, 5.74) is 1.38. The van der Waals surface area contributed by atoms with Crippen LogP contribution in [0.25, 0.3) is 0 Å². The SMILES string of the molecule is COc1ccccc1C1CNCCC12CCN(CCc1ccccc1C(F)(F)F)CC2. The van der Waals surface area contributed by atoms with E-state index in [0.717, 1.165) is 51.2 Å². The van der Waals surface area contributed by atoms with E-state index in [-0.39, 0.29) is 5.41 Å². The first kappa shape index (κ1) is 22.2. The summed E-state index contributed by atoms with van der Waals surface area (Å²) in [6.45, 7) is 4.49. The summed E-state index contributed by atoms with van der Waals surface area (Å²) >= 11 is 0. The van der Waals surface area contributed by atoms with Crippen LogP contribution in [0, 0.1) is 5.41 Å². The number of methoxy groups -OCH3 is 1. The predicted molar refractivity (Wildman–Crippen MR) is 116 cm³/mol. The molecule has 0 radical (unpaired) electrons. The molecule has 2 fully saturated rings. The van der Waals surface area contributed by atoms with Crippen molar-refractivity contribution in [2.75, 3.05) is 39.8 Å². The zero-order valence-electron chi connectivity index (χ0n) is 18.0. The van der Waals surface area contributed by atoms with Gasteiger partial charge in [-0.25, -0.2) is 0 Å². The monoisotopic (exact) mass is 432 g/mol. The molecule has 2 aliphatic heterocycles. The Kier molecular flexibility index (Phi) is 6.58. The highest BCUT2D eigenvalue weighted by molar-refractivity contribution is 5.38. The fraction of sp³-hybridized carbons (Fsp3) is 0.520. The maximum absolute atomic E-state index is 13.3. The number of nitrogens with zero attached hydrogens (tertiary/aromatic N) is 1. The number of benzene rings is 2. The second kappa shape index (κ2) is 9.21. The number of rotatable bonds is 5. The average molecular weight is 433 g/mol. The Morgan fingerprint density at radius 2 is 1.74 bits per heavy atom. The molecule has 0 aromatic heterocycles. The molecule has 2 aromatic rings. The molecule has 2 aliphatic rings. The fourth-order valence-corrected chi connectivity index (χ4v) is 5.48. The summed E-state index contributed by atoms with van der Waals surface area (Å²) in [6.07, 6.45) is -0.600. The summed E-state index contributed by atoms with van der Waals surface area (Å²) < 4.78 is 45.5. The second-order valence-corrected chi connectivity index (χ2v) is 8.86. The maximum Gasteiger partial charge on any atom is 0.416 e. The number of halogens is 3. The van der Waals surface area contributed by atoms with Gasteiger partial charge in [-0.3, -0.25) is 0 Å². The van der Waals surface area contributed by atoms with Crippen molar-refractivity contribution in [1.29, 1.82) is 0 Å². The Hall–Kier alpha value is -2.05. The van der Waals surface area contributed by atoms with Crippen LogP contribution < -0.4 is 10.1 Å². The minimum atomic E-state index is -4.29. The van der Waals surface area contributed by atoms with Crippen LogP contribution in [0.1, 0.15) is 41.9 Å². The van der Waals surface area contributed by atoms with E-state index < -0.39 is 11.7 Å². The smallest absolute Gasteiger partial charge is 0.416 e. The molecule has 1 spiro atoms. The number of alkyl halides is 3. The molecule has 31 heavy (non-hydrogen) atoms. The minimum absolute atomic E-state index is 0.222. The number of hydrogen-bond acceptors (Lipinski definition) is 3. The third-order valence-corrected chi connectivity index (χ3v) is 7.27. The molecule has 168 valence electrons. The molecule has 1 atom stereocenters. The van der Waals surface area contributed by atoms with Crippen molar-refractivity contribution in [2.45, 2.75) is 37.8 Å². The third-order valence-electron chi connectivity index (χ3n) is 7.27. The van der Waals surface area contributed by atoms with Gasteiger partial charge in [0.1, 0.15) is 5.75 Å². The van der Waals surface area contributed by atoms with Crippen molar-refractivity contribution in [1.82, 2.24) is 10.2 Å². The lowest BCUT2D eigenvalue weighted by molar-refractivity contribution is -0.138. The molecule has 0 bridgehead atoms. The van der Waals surface area contributed by atoms with Crippen LogP contribution in [0.5, 0.6) is 5.75 Å². The van der Waals surface area contributed by atoms with Crippen LogP contribution in [-0.2, 0) is 12.6 Å². The molecule has 0 saturated carbocycles. The molecule has 2 aromatic carbocycles. The van der Waals surface area contributed by atoms with Gasteiger partial charge in [0.15, 0.2) is 0 Å². The summed E-state index contributed by atoms with van der Waals surface area (Å²) in [4.78, 5) is 2.33. The molecule has 0 amide bonds. The summed E-state index contributed by atoms with van der Waals surface area (Å²) in [6, 6.07) is 14.3. The first-order valence-electron chi connectivity index (χ1n) is 11.1. The van der Waals surface area contributed by atoms with Crippen molar-refractivity contribution in [3.8, 4) is 5.75 Å². The molecular weight excluding hydrogens is 401 g/mol. The van der Waals surface area contributed by atoms with Gasteiger partial charge in [0.05, 0.1) is 12.7 Å². The molecule has 1 unspecified atom stereocenters. The third kappa shape index (κ3) is 4.75. The molecular formula is C25H31F3N2O. The number of hydrogen-bond donors (Lipinski definition) is 1. The average Bonchev–Trinajstić information content (AvgIpc) is 2.79. The van der Waals surface area contributed by atoms with Gasteiger partial charge in [-0.2, -0.15) is 13.2 Å². The zero-order valence-corrected chi connectivity index (χ0v) is 18.0. The number of ether oxygens (including phenoxy) is 1. The molecule has 1 N–H and O–H groups in total. The van der Waals surface area contributed by atoms with Crippen LogP contribution in [-0.4, -0.2) is 44.7 Å². The Bertz CT molecular complexity index is 875. The summed E-state index contributed by atoms with van der Waals surface area (Å²) in [5.74, 6) is 1.34. The van der Waals surface area contributed by atoms with E-state index in [2.05, 4.69) is 22.3 Å². The lowest BCUT2D eigenvalue weighted by Crippen LogP contribution is -2.50. The van der Waals surface area contributed by atoms with Crippen molar-refractivity contribution >= 4 is 0 Å². The highest BCUT2D eigenvalue weighted by atomic mass is 19.4. The highest BCUT2D eigenvalue weighted by Crippen LogP contribution is 2.50. The van der Waals surface area contributed by atoms with Crippen molar-refractivity contribution < 1.29 is 17.9 Å². The number of nitrogens with one attached hydrogen (secondary N) is 1. The fourth-order valence-electron chi connectivity index (χ4n) is 5.48. The van der Waals surface area contributed by atoms with Crippen LogP contribution in [0.15, 0.2) is 48.5 Å². The summed E-state index contributed by atoms with van der Waals surface area (Å²) in [5, 5.41) is 3.56. The maximum atomic E-state index is 13.3. The Labute approximate surface area is 182 Å². The van der Waals surface area contributed by atoms with E-state index in [9.17, 15) is 13.2 Å². The van der Waals surface area contributed by atoms with Crippen molar-refractivity contribution in [3.05, 3.63) is 65.2 Å². The Morgan fingerprint density at radius 3 is 2.48 bits per heavy atom. The number of likely N-dealkylation sites (tertiary alicyclic amines) is 1.